The Labute approximate surface area is 224 Å². The SMILES string of the molecule is CNCCC1(CCC/C=C(/c2cccnc2)N(N)c2cc(F)c(F)c(F)c2)C(=O)NCN1c1ccc(F)cc1. The number of nitrogens with two attached hydrogens (primary N) is 1. The molecule has 1 aromatic heterocycles. The molecule has 3 aromatic rings. The van der Waals surface area contributed by atoms with E-state index in [0.717, 1.165) is 22.8 Å². The van der Waals surface area contributed by atoms with Crippen LogP contribution >= 0.6 is 0 Å². The fourth-order valence-electron chi connectivity index (χ4n) is 4.83. The average Bonchev–Trinajstić information content (AvgIpc) is 3.26. The van der Waals surface area contributed by atoms with Crippen molar-refractivity contribution in [1.82, 2.24) is 15.6 Å². The number of aromatic nitrogens is 1. The van der Waals surface area contributed by atoms with Crippen molar-refractivity contribution in [3.8, 4) is 0 Å². The fourth-order valence-corrected chi connectivity index (χ4v) is 4.83. The van der Waals surface area contributed by atoms with Crippen LogP contribution in [0.2, 0.25) is 0 Å². The third-order valence-corrected chi connectivity index (χ3v) is 6.86. The summed E-state index contributed by atoms with van der Waals surface area (Å²) in [6, 6.07) is 11.1. The first-order valence-electron chi connectivity index (χ1n) is 12.5. The third-order valence-electron chi connectivity index (χ3n) is 6.86. The molecule has 2 heterocycles. The maximum atomic E-state index is 13.9. The Morgan fingerprint density at radius 3 is 2.51 bits per heavy atom. The van der Waals surface area contributed by atoms with Crippen molar-refractivity contribution in [3.63, 3.8) is 0 Å². The van der Waals surface area contributed by atoms with E-state index in [9.17, 15) is 22.4 Å². The van der Waals surface area contributed by atoms with Crippen molar-refractivity contribution in [2.24, 2.45) is 5.84 Å². The molecule has 0 radical (unpaired) electrons. The standard InChI is InChI=1S/C28H30F4N6O/c1-34-14-12-28(27(39)36-18-37(28)21-9-7-20(29)8-10-21)11-3-2-6-25(19-5-4-13-35-17-19)38(33)22-15-23(30)26(32)24(31)16-22/h4-10,13,15-17,34H,2-3,11-12,14,18,33H2,1H3,(H,36,39)/b25-6-. The molecule has 206 valence electrons. The van der Waals surface area contributed by atoms with Crippen LogP contribution in [-0.4, -0.2) is 36.7 Å². The molecule has 4 N–H and O–H groups in total. The Hall–Kier alpha value is -3.96. The van der Waals surface area contributed by atoms with Gasteiger partial charge < -0.3 is 15.5 Å². The number of hydrazine groups is 1. The van der Waals surface area contributed by atoms with Gasteiger partial charge in [-0.3, -0.25) is 14.8 Å². The Kier molecular flexibility index (Phi) is 8.82. The number of rotatable bonds is 11. The van der Waals surface area contributed by atoms with E-state index >= 15 is 0 Å². The molecule has 39 heavy (non-hydrogen) atoms. The topological polar surface area (TPSA) is 86.5 Å². The van der Waals surface area contributed by atoms with Crippen LogP contribution in [0.25, 0.3) is 5.70 Å². The minimum absolute atomic E-state index is 0.0790. The molecule has 1 aliphatic heterocycles. The first-order chi connectivity index (χ1) is 18.8. The molecular formula is C28H30F4N6O. The number of anilines is 2. The number of hydrogen-bond donors (Lipinski definition) is 3. The van der Waals surface area contributed by atoms with E-state index in [1.807, 2.05) is 11.9 Å². The molecular weight excluding hydrogens is 512 g/mol. The number of hydrogen-bond acceptors (Lipinski definition) is 6. The normalized spacial score (nSPS) is 17.4. The zero-order valence-corrected chi connectivity index (χ0v) is 21.4. The van der Waals surface area contributed by atoms with E-state index in [4.69, 9.17) is 5.84 Å². The Morgan fingerprint density at radius 1 is 1.15 bits per heavy atom. The molecule has 1 amide bonds. The zero-order chi connectivity index (χ0) is 28.0. The summed E-state index contributed by atoms with van der Waals surface area (Å²) < 4.78 is 55.0. The van der Waals surface area contributed by atoms with E-state index in [0.29, 0.717) is 50.2 Å². The van der Waals surface area contributed by atoms with Crippen LogP contribution in [0.3, 0.4) is 0 Å². The summed E-state index contributed by atoms with van der Waals surface area (Å²) in [6.07, 6.45) is 6.91. The second-order valence-corrected chi connectivity index (χ2v) is 9.27. The average molecular weight is 543 g/mol. The van der Waals surface area contributed by atoms with E-state index < -0.39 is 23.0 Å². The molecule has 0 spiro atoms. The first kappa shape index (κ1) is 28.1. The highest BCUT2D eigenvalue weighted by Gasteiger charge is 2.47. The minimum Gasteiger partial charge on any atom is -0.339 e. The lowest BCUT2D eigenvalue weighted by atomic mass is 9.86. The predicted octanol–water partition coefficient (Wildman–Crippen LogP) is 4.47. The summed E-state index contributed by atoms with van der Waals surface area (Å²) in [5, 5.41) is 7.10. The Morgan fingerprint density at radius 2 is 1.87 bits per heavy atom. The highest BCUT2D eigenvalue weighted by molar-refractivity contribution is 5.93. The van der Waals surface area contributed by atoms with Crippen LogP contribution in [0.5, 0.6) is 0 Å². The van der Waals surface area contributed by atoms with Crippen molar-refractivity contribution in [2.75, 3.05) is 30.2 Å². The number of allylic oxidation sites excluding steroid dienone is 1. The van der Waals surface area contributed by atoms with Gasteiger partial charge in [-0.05, 0) is 75.7 Å². The van der Waals surface area contributed by atoms with Gasteiger partial charge in [-0.15, -0.1) is 0 Å². The lowest BCUT2D eigenvalue weighted by Crippen LogP contribution is -2.51. The molecule has 1 saturated heterocycles. The summed E-state index contributed by atoms with van der Waals surface area (Å²) in [6.45, 7) is 0.878. The minimum atomic E-state index is -1.58. The number of nitrogens with one attached hydrogen (secondary N) is 2. The summed E-state index contributed by atoms with van der Waals surface area (Å²) >= 11 is 0. The maximum absolute atomic E-state index is 13.9. The monoisotopic (exact) mass is 542 g/mol. The van der Waals surface area contributed by atoms with Crippen molar-refractivity contribution >= 4 is 23.0 Å². The lowest BCUT2D eigenvalue weighted by molar-refractivity contribution is -0.124. The van der Waals surface area contributed by atoms with Gasteiger partial charge in [-0.25, -0.2) is 23.4 Å². The number of carbonyl (C=O) groups is 1. The van der Waals surface area contributed by atoms with Gasteiger partial charge in [0.2, 0.25) is 5.91 Å². The fraction of sp³-hybridized carbons (Fsp3) is 0.286. The molecule has 0 bridgehead atoms. The highest BCUT2D eigenvalue weighted by Crippen LogP contribution is 2.35. The third kappa shape index (κ3) is 6.04. The summed E-state index contributed by atoms with van der Waals surface area (Å²) in [5.74, 6) is 1.49. The van der Waals surface area contributed by atoms with Gasteiger partial charge in [0.05, 0.1) is 18.1 Å². The second kappa shape index (κ2) is 12.3. The predicted molar refractivity (Wildman–Crippen MR) is 142 cm³/mol. The molecule has 1 fully saturated rings. The summed E-state index contributed by atoms with van der Waals surface area (Å²) in [4.78, 5) is 19.2. The lowest BCUT2D eigenvalue weighted by Gasteiger charge is -2.37. The van der Waals surface area contributed by atoms with E-state index in [2.05, 4.69) is 15.6 Å². The second-order valence-electron chi connectivity index (χ2n) is 9.27. The number of halogens is 4. The van der Waals surface area contributed by atoms with Gasteiger partial charge in [0.15, 0.2) is 17.5 Å². The van der Waals surface area contributed by atoms with Crippen LogP contribution in [0.1, 0.15) is 31.2 Å². The van der Waals surface area contributed by atoms with Gasteiger partial charge >= 0.3 is 0 Å². The first-order valence-corrected chi connectivity index (χ1v) is 12.5. The molecule has 1 aliphatic rings. The van der Waals surface area contributed by atoms with E-state index in [1.165, 1.54) is 12.1 Å². The molecule has 1 atom stereocenters. The van der Waals surface area contributed by atoms with Gasteiger partial charge in [-0.1, -0.05) is 6.08 Å². The smallest absolute Gasteiger partial charge is 0.247 e. The van der Waals surface area contributed by atoms with E-state index in [1.54, 1.807) is 42.7 Å². The van der Waals surface area contributed by atoms with Crippen molar-refractivity contribution in [1.29, 1.82) is 0 Å². The largest absolute Gasteiger partial charge is 0.339 e. The quantitative estimate of drug-likeness (QED) is 0.109. The highest BCUT2D eigenvalue weighted by atomic mass is 19.2. The molecule has 7 nitrogen and oxygen atoms in total. The van der Waals surface area contributed by atoms with Crippen LogP contribution in [0, 0.1) is 23.3 Å². The molecule has 0 saturated carbocycles. The number of nitrogens with zero attached hydrogens (tertiary/aromatic N) is 3. The van der Waals surface area contributed by atoms with Crippen LogP contribution in [0.4, 0.5) is 28.9 Å². The molecule has 2 aromatic carbocycles. The van der Waals surface area contributed by atoms with Gasteiger partial charge in [-0.2, -0.15) is 0 Å². The van der Waals surface area contributed by atoms with Crippen molar-refractivity contribution in [2.45, 2.75) is 31.2 Å². The van der Waals surface area contributed by atoms with Crippen molar-refractivity contribution in [3.05, 3.63) is 95.8 Å². The Bertz CT molecular complexity index is 1300. The molecule has 1 unspecified atom stereocenters. The van der Waals surface area contributed by atoms with Gasteiger partial charge in [0.1, 0.15) is 11.4 Å². The van der Waals surface area contributed by atoms with Gasteiger partial charge in [0.25, 0.3) is 0 Å². The number of pyridine rings is 1. The van der Waals surface area contributed by atoms with Gasteiger partial charge in [0, 0.05) is 35.8 Å². The van der Waals surface area contributed by atoms with E-state index in [-0.39, 0.29) is 17.4 Å². The van der Waals surface area contributed by atoms with Crippen LogP contribution in [-0.2, 0) is 4.79 Å². The number of amides is 1. The maximum Gasteiger partial charge on any atom is 0.247 e. The number of unbranched alkanes of at least 4 members (excludes halogenated alkanes) is 1. The molecule has 4 rings (SSSR count). The Balaban J connectivity index is 1.59. The van der Waals surface area contributed by atoms with Crippen LogP contribution < -0.4 is 26.4 Å². The summed E-state index contributed by atoms with van der Waals surface area (Å²) in [5.41, 5.74) is 0.774. The molecule has 11 heteroatoms. The van der Waals surface area contributed by atoms with Crippen molar-refractivity contribution < 1.29 is 22.4 Å². The molecule has 0 aliphatic carbocycles. The zero-order valence-electron chi connectivity index (χ0n) is 21.4. The number of benzene rings is 2. The van der Waals surface area contributed by atoms with Crippen LogP contribution in [0.15, 0.2) is 67.0 Å². The summed E-state index contributed by atoms with van der Waals surface area (Å²) in [7, 11) is 1.81. The number of carbonyl (C=O) groups excluding carboxylic acids is 1.